The molecule has 19 nitrogen and oxygen atoms in total. The standard InChI is InChI=1S/C69H115NO18/c1-3-5-7-9-11-13-14-15-16-17-18-19-20-21-22-23-24-25-26-27-28-29-30-31-32-33-34-35-36-37-38-39-41-43-45-47-57(75)70-52(53(74)46-44-42-40-12-10-8-6-4-2)51-83-67-63(81)60(78)65(55(49-72)85-67)88-69-64(82)61(79)66(56(50-73)86-69)87-68-62(80)59(77)58(76)54(48-71)84-68/h5,7,11,13,15-16,18-19,21-22,24-25,27-28,30-31,44,46,52-56,58-69,71-74,76-82H,3-4,6,8-10,12,14,17,20,23,26,29,32-43,45,47-51H2,1-2H3,(H,70,75)/b7-5-,13-11-,16-15-,19-18-,22-21-,25-24-,28-27-,31-30-,46-44+. The van der Waals surface area contributed by atoms with Crippen molar-refractivity contribution in [2.45, 2.75) is 291 Å². The van der Waals surface area contributed by atoms with E-state index in [1.165, 1.54) is 44.9 Å². The van der Waals surface area contributed by atoms with E-state index >= 15 is 0 Å². The summed E-state index contributed by atoms with van der Waals surface area (Å²) in [6, 6.07) is -0.980. The number of hydrogen-bond acceptors (Lipinski definition) is 18. The number of hydrogen-bond donors (Lipinski definition) is 12. The molecule has 0 radical (unpaired) electrons. The van der Waals surface area contributed by atoms with Gasteiger partial charge in [0.1, 0.15) is 73.2 Å². The molecule has 1 amide bonds. The highest BCUT2D eigenvalue weighted by atomic mass is 16.8. The minimum atomic E-state index is -1.98. The molecular formula is C69H115NO18. The Morgan fingerprint density at radius 3 is 1.23 bits per heavy atom. The molecule has 3 rings (SSSR count). The van der Waals surface area contributed by atoms with E-state index in [-0.39, 0.29) is 18.9 Å². The van der Waals surface area contributed by atoms with Gasteiger partial charge < -0.3 is 89.9 Å². The lowest BCUT2D eigenvalue weighted by molar-refractivity contribution is -0.379. The number of unbranched alkanes of at least 4 members (excludes halogenated alkanes) is 16. The number of aliphatic hydroxyl groups is 11. The molecule has 88 heavy (non-hydrogen) atoms. The van der Waals surface area contributed by atoms with Gasteiger partial charge in [0, 0.05) is 6.42 Å². The lowest BCUT2D eigenvalue weighted by Gasteiger charge is -2.48. The van der Waals surface area contributed by atoms with Gasteiger partial charge in [0.2, 0.25) is 5.91 Å². The lowest BCUT2D eigenvalue weighted by Crippen LogP contribution is -2.66. The predicted octanol–water partition coefficient (Wildman–Crippen LogP) is 7.88. The maximum Gasteiger partial charge on any atom is 0.220 e. The second-order valence-electron chi connectivity index (χ2n) is 23.2. The minimum absolute atomic E-state index is 0.230. The zero-order chi connectivity index (χ0) is 64.0. The highest BCUT2D eigenvalue weighted by molar-refractivity contribution is 5.76. The van der Waals surface area contributed by atoms with E-state index in [2.05, 4.69) is 116 Å². The Labute approximate surface area is 525 Å². The van der Waals surface area contributed by atoms with Crippen LogP contribution in [0.25, 0.3) is 0 Å². The van der Waals surface area contributed by atoms with Crippen LogP contribution in [-0.4, -0.2) is 193 Å². The molecule has 19 heteroatoms. The summed E-state index contributed by atoms with van der Waals surface area (Å²) in [5.74, 6) is -0.290. The van der Waals surface area contributed by atoms with E-state index in [0.29, 0.717) is 6.42 Å². The van der Waals surface area contributed by atoms with Crippen molar-refractivity contribution in [2.75, 3.05) is 26.4 Å². The molecule has 12 N–H and O–H groups in total. The van der Waals surface area contributed by atoms with Crippen molar-refractivity contribution in [3.05, 3.63) is 109 Å². The summed E-state index contributed by atoms with van der Waals surface area (Å²) in [7, 11) is 0. The van der Waals surface area contributed by atoms with Gasteiger partial charge in [-0.05, 0) is 83.5 Å². The van der Waals surface area contributed by atoms with Crippen LogP contribution in [0.2, 0.25) is 0 Å². The number of rotatable bonds is 48. The summed E-state index contributed by atoms with van der Waals surface area (Å²) >= 11 is 0. The van der Waals surface area contributed by atoms with Crippen molar-refractivity contribution in [3.8, 4) is 0 Å². The van der Waals surface area contributed by atoms with E-state index < -0.39 is 124 Å². The highest BCUT2D eigenvalue weighted by Crippen LogP contribution is 2.33. The average Bonchev–Trinajstić information content (AvgIpc) is 1.15. The van der Waals surface area contributed by atoms with Crippen LogP contribution in [0.5, 0.6) is 0 Å². The summed E-state index contributed by atoms with van der Waals surface area (Å²) in [5.41, 5.74) is 0. The van der Waals surface area contributed by atoms with Gasteiger partial charge in [-0.2, -0.15) is 0 Å². The van der Waals surface area contributed by atoms with Gasteiger partial charge in [0.05, 0.1) is 38.6 Å². The molecule has 17 atom stereocenters. The van der Waals surface area contributed by atoms with Crippen LogP contribution in [0, 0.1) is 0 Å². The Morgan fingerprint density at radius 2 is 0.784 bits per heavy atom. The van der Waals surface area contributed by atoms with Gasteiger partial charge in [0.15, 0.2) is 18.9 Å². The van der Waals surface area contributed by atoms with Crippen LogP contribution in [0.1, 0.15) is 187 Å². The second kappa shape index (κ2) is 50.1. The Hall–Kier alpha value is -3.55. The average molecular weight is 1250 g/mol. The molecule has 3 aliphatic heterocycles. The zero-order valence-electron chi connectivity index (χ0n) is 52.9. The van der Waals surface area contributed by atoms with E-state index in [0.717, 1.165) is 116 Å². The highest BCUT2D eigenvalue weighted by Gasteiger charge is 2.53. The number of carbonyl (C=O) groups excluding carboxylic acids is 1. The van der Waals surface area contributed by atoms with Gasteiger partial charge in [-0.1, -0.05) is 207 Å². The van der Waals surface area contributed by atoms with Crippen LogP contribution in [-0.2, 0) is 33.2 Å². The van der Waals surface area contributed by atoms with E-state index in [4.69, 9.17) is 28.4 Å². The number of ether oxygens (including phenoxy) is 6. The zero-order valence-corrected chi connectivity index (χ0v) is 52.9. The predicted molar refractivity (Wildman–Crippen MR) is 341 cm³/mol. The smallest absolute Gasteiger partial charge is 0.220 e. The maximum absolute atomic E-state index is 13.3. The molecule has 0 aliphatic carbocycles. The first-order chi connectivity index (χ1) is 42.8. The van der Waals surface area contributed by atoms with Gasteiger partial charge in [-0.15, -0.1) is 0 Å². The molecule has 17 unspecified atom stereocenters. The van der Waals surface area contributed by atoms with E-state index in [1.807, 2.05) is 6.08 Å². The second-order valence-corrected chi connectivity index (χ2v) is 23.2. The quantitative estimate of drug-likeness (QED) is 0.0204. The van der Waals surface area contributed by atoms with Gasteiger partial charge in [0.25, 0.3) is 0 Å². The topological polar surface area (TPSA) is 307 Å². The molecule has 0 aromatic heterocycles. The molecule has 3 saturated heterocycles. The SMILES string of the molecule is CC/C=C\C/C=C\C/C=C\C/C=C\C/C=C\C/C=C\C/C=C\C/C=C\CCCCCCCCCCCCC(=O)NC(COC1OC(CO)C(OC2OC(CO)C(OC3OC(CO)C(O)C(O)C3O)C(O)C2O)C(O)C1O)C(O)/C=C/CCCCCCCC. The molecule has 3 heterocycles. The van der Waals surface area contributed by atoms with Crippen molar-refractivity contribution >= 4 is 5.91 Å². The van der Waals surface area contributed by atoms with Crippen molar-refractivity contribution in [2.24, 2.45) is 0 Å². The third kappa shape index (κ3) is 32.1. The maximum atomic E-state index is 13.3. The molecule has 3 fully saturated rings. The number of amides is 1. The Kier molecular flexibility index (Phi) is 44.8. The molecule has 504 valence electrons. The number of nitrogens with one attached hydrogen (secondary N) is 1. The fourth-order valence-electron chi connectivity index (χ4n) is 10.4. The first-order valence-corrected chi connectivity index (χ1v) is 33.1. The first kappa shape index (κ1) is 78.7. The van der Waals surface area contributed by atoms with E-state index in [9.17, 15) is 61.0 Å². The summed E-state index contributed by atoms with van der Waals surface area (Å²) in [5, 5.41) is 120. The van der Waals surface area contributed by atoms with Gasteiger partial charge >= 0.3 is 0 Å². The molecule has 0 saturated carbocycles. The molecule has 0 spiro atoms. The van der Waals surface area contributed by atoms with Crippen LogP contribution < -0.4 is 5.32 Å². The molecule has 0 aromatic carbocycles. The molecular weight excluding hydrogens is 1130 g/mol. The number of aliphatic hydroxyl groups excluding tert-OH is 11. The number of carbonyl (C=O) groups is 1. The van der Waals surface area contributed by atoms with Crippen LogP contribution in [0.3, 0.4) is 0 Å². The van der Waals surface area contributed by atoms with E-state index in [1.54, 1.807) is 6.08 Å². The molecule has 0 aromatic rings. The fraction of sp³-hybridized carbons (Fsp3) is 0.725. The van der Waals surface area contributed by atoms with Crippen molar-refractivity contribution in [3.63, 3.8) is 0 Å². The lowest BCUT2D eigenvalue weighted by atomic mass is 9.96. The van der Waals surface area contributed by atoms with Crippen LogP contribution >= 0.6 is 0 Å². The molecule has 0 bridgehead atoms. The summed E-state index contributed by atoms with van der Waals surface area (Å²) in [6.45, 7) is 1.52. The fourth-order valence-corrected chi connectivity index (χ4v) is 10.4. The summed E-state index contributed by atoms with van der Waals surface area (Å²) in [4.78, 5) is 13.3. The number of allylic oxidation sites excluding steroid dienone is 17. The van der Waals surface area contributed by atoms with Crippen LogP contribution in [0.4, 0.5) is 0 Å². The van der Waals surface area contributed by atoms with Gasteiger partial charge in [-0.25, -0.2) is 0 Å². The largest absolute Gasteiger partial charge is 0.394 e. The van der Waals surface area contributed by atoms with Gasteiger partial charge in [-0.3, -0.25) is 4.79 Å². The monoisotopic (exact) mass is 1250 g/mol. The normalized spacial score (nSPS) is 29.1. The van der Waals surface area contributed by atoms with Crippen molar-refractivity contribution in [1.29, 1.82) is 0 Å². The van der Waals surface area contributed by atoms with Crippen molar-refractivity contribution < 1.29 is 89.4 Å². The van der Waals surface area contributed by atoms with Crippen LogP contribution in [0.15, 0.2) is 109 Å². The van der Waals surface area contributed by atoms with Crippen molar-refractivity contribution in [1.82, 2.24) is 5.32 Å². The summed E-state index contributed by atoms with van der Waals surface area (Å²) < 4.78 is 34.2. The molecule has 3 aliphatic rings. The Balaban J connectivity index is 1.33. The Morgan fingerprint density at radius 1 is 0.420 bits per heavy atom. The third-order valence-electron chi connectivity index (χ3n) is 15.8. The summed E-state index contributed by atoms with van der Waals surface area (Å²) in [6.07, 6.45) is 39.7. The minimum Gasteiger partial charge on any atom is -0.394 e. The third-order valence-corrected chi connectivity index (χ3v) is 15.8. The Bertz CT molecular complexity index is 2020. The first-order valence-electron chi connectivity index (χ1n) is 33.1.